The minimum Gasteiger partial charge on any atom is -0.354 e. The molecule has 0 heterocycles. The van der Waals surface area contributed by atoms with E-state index in [4.69, 9.17) is 0 Å². The summed E-state index contributed by atoms with van der Waals surface area (Å²) >= 11 is 0. The standard InChI is InChI=1S/C18H18FN3O4/c1-12-2-5-14(10-16(12)22(25)26)18(24)21-11-17(23)20-9-8-13-3-6-15(19)7-4-13/h2-7,10H,8-9,11H2,1H3,(H,20,23)(H,21,24). The summed E-state index contributed by atoms with van der Waals surface area (Å²) in [6.07, 6.45) is 0.532. The van der Waals surface area contributed by atoms with E-state index in [9.17, 15) is 24.1 Å². The first-order valence-corrected chi connectivity index (χ1v) is 7.91. The molecule has 2 amide bonds. The molecule has 0 saturated heterocycles. The van der Waals surface area contributed by atoms with Crippen LogP contribution in [0.1, 0.15) is 21.5 Å². The Labute approximate surface area is 149 Å². The highest BCUT2D eigenvalue weighted by Crippen LogP contribution is 2.19. The molecule has 0 radical (unpaired) electrons. The van der Waals surface area contributed by atoms with Gasteiger partial charge in [0.2, 0.25) is 5.91 Å². The van der Waals surface area contributed by atoms with E-state index in [2.05, 4.69) is 10.6 Å². The molecular weight excluding hydrogens is 341 g/mol. The second-order valence-corrected chi connectivity index (χ2v) is 5.67. The molecule has 0 atom stereocenters. The lowest BCUT2D eigenvalue weighted by molar-refractivity contribution is -0.385. The predicted molar refractivity (Wildman–Crippen MR) is 93.3 cm³/mol. The van der Waals surface area contributed by atoms with Gasteiger partial charge in [0.25, 0.3) is 11.6 Å². The van der Waals surface area contributed by atoms with Gasteiger partial charge in [-0.2, -0.15) is 0 Å². The number of nitro benzene ring substituents is 1. The molecule has 2 rings (SSSR count). The largest absolute Gasteiger partial charge is 0.354 e. The number of rotatable bonds is 7. The van der Waals surface area contributed by atoms with Gasteiger partial charge in [0, 0.05) is 23.7 Å². The zero-order valence-electron chi connectivity index (χ0n) is 14.1. The number of hydrogen-bond acceptors (Lipinski definition) is 4. The van der Waals surface area contributed by atoms with Crippen molar-refractivity contribution in [3.63, 3.8) is 0 Å². The van der Waals surface area contributed by atoms with E-state index in [-0.39, 0.29) is 29.5 Å². The van der Waals surface area contributed by atoms with Crippen LogP contribution in [0.25, 0.3) is 0 Å². The van der Waals surface area contributed by atoms with Crippen molar-refractivity contribution < 1.29 is 18.9 Å². The fraction of sp³-hybridized carbons (Fsp3) is 0.222. The number of carbonyl (C=O) groups is 2. The molecule has 2 aromatic rings. The van der Waals surface area contributed by atoms with Crippen LogP contribution in [0.4, 0.5) is 10.1 Å². The summed E-state index contributed by atoms with van der Waals surface area (Å²) in [5, 5.41) is 16.0. The number of nitrogens with one attached hydrogen (secondary N) is 2. The van der Waals surface area contributed by atoms with Gasteiger partial charge in [-0.1, -0.05) is 18.2 Å². The monoisotopic (exact) mass is 359 g/mol. The number of amides is 2. The molecule has 0 aromatic heterocycles. The van der Waals surface area contributed by atoms with Crippen molar-refractivity contribution in [3.8, 4) is 0 Å². The minimum atomic E-state index is -0.568. The molecule has 0 aliphatic rings. The Morgan fingerprint density at radius 1 is 1.12 bits per heavy atom. The maximum atomic E-state index is 12.8. The molecule has 0 aliphatic heterocycles. The summed E-state index contributed by atoms with van der Waals surface area (Å²) in [6.45, 7) is 1.68. The third-order valence-corrected chi connectivity index (χ3v) is 3.73. The summed E-state index contributed by atoms with van der Waals surface area (Å²) in [5.41, 5.74) is 1.29. The molecule has 0 spiro atoms. The SMILES string of the molecule is Cc1ccc(C(=O)NCC(=O)NCCc2ccc(F)cc2)cc1[N+](=O)[O-]. The van der Waals surface area contributed by atoms with E-state index in [1.807, 2.05) is 0 Å². The maximum absolute atomic E-state index is 12.8. The third-order valence-electron chi connectivity index (χ3n) is 3.73. The average molecular weight is 359 g/mol. The maximum Gasteiger partial charge on any atom is 0.273 e. The summed E-state index contributed by atoms with van der Waals surface area (Å²) in [4.78, 5) is 34.1. The van der Waals surface area contributed by atoms with Gasteiger partial charge < -0.3 is 10.6 Å². The van der Waals surface area contributed by atoms with Crippen LogP contribution in [-0.4, -0.2) is 29.8 Å². The Balaban J connectivity index is 1.79. The van der Waals surface area contributed by atoms with Gasteiger partial charge in [-0.05, 0) is 37.1 Å². The Hall–Kier alpha value is -3.29. The fourth-order valence-corrected chi connectivity index (χ4v) is 2.27. The number of halogens is 1. The molecule has 2 aromatic carbocycles. The molecular formula is C18H18FN3O4. The number of carbonyl (C=O) groups excluding carboxylic acids is 2. The first-order valence-electron chi connectivity index (χ1n) is 7.91. The van der Waals surface area contributed by atoms with Crippen LogP contribution in [0.3, 0.4) is 0 Å². The normalized spacial score (nSPS) is 10.2. The Bertz CT molecular complexity index is 822. The van der Waals surface area contributed by atoms with Crippen LogP contribution in [0.2, 0.25) is 0 Å². The van der Waals surface area contributed by atoms with Gasteiger partial charge in [-0.3, -0.25) is 19.7 Å². The molecule has 2 N–H and O–H groups in total. The lowest BCUT2D eigenvalue weighted by Crippen LogP contribution is -2.37. The Morgan fingerprint density at radius 3 is 2.46 bits per heavy atom. The molecule has 7 nitrogen and oxygen atoms in total. The summed E-state index contributed by atoms with van der Waals surface area (Å²) in [5.74, 6) is -1.28. The van der Waals surface area contributed by atoms with Gasteiger partial charge in [0.1, 0.15) is 5.82 Å². The predicted octanol–water partition coefficient (Wildman–Crippen LogP) is 2.13. The number of nitro groups is 1. The van der Waals surface area contributed by atoms with Crippen molar-refractivity contribution >= 4 is 17.5 Å². The highest BCUT2D eigenvalue weighted by molar-refractivity contribution is 5.97. The van der Waals surface area contributed by atoms with Crippen molar-refractivity contribution in [2.45, 2.75) is 13.3 Å². The molecule has 26 heavy (non-hydrogen) atoms. The van der Waals surface area contributed by atoms with Crippen LogP contribution in [0.15, 0.2) is 42.5 Å². The number of hydrogen-bond donors (Lipinski definition) is 2. The van der Waals surface area contributed by atoms with Crippen molar-refractivity contribution in [2.24, 2.45) is 0 Å². The van der Waals surface area contributed by atoms with Crippen LogP contribution in [-0.2, 0) is 11.2 Å². The molecule has 0 bridgehead atoms. The van der Waals surface area contributed by atoms with Gasteiger partial charge in [-0.15, -0.1) is 0 Å². The van der Waals surface area contributed by atoms with Crippen LogP contribution in [0.5, 0.6) is 0 Å². The molecule has 8 heteroatoms. The zero-order chi connectivity index (χ0) is 19.1. The van der Waals surface area contributed by atoms with E-state index < -0.39 is 10.8 Å². The van der Waals surface area contributed by atoms with E-state index in [0.29, 0.717) is 18.5 Å². The summed E-state index contributed by atoms with van der Waals surface area (Å²) < 4.78 is 12.8. The fourth-order valence-electron chi connectivity index (χ4n) is 2.27. The smallest absolute Gasteiger partial charge is 0.273 e. The van der Waals surface area contributed by atoms with Crippen LogP contribution < -0.4 is 10.6 Å². The molecule has 0 unspecified atom stereocenters. The third kappa shape index (κ3) is 5.37. The lowest BCUT2D eigenvalue weighted by atomic mass is 10.1. The second-order valence-electron chi connectivity index (χ2n) is 5.67. The molecule has 136 valence electrons. The van der Waals surface area contributed by atoms with Gasteiger partial charge >= 0.3 is 0 Å². The zero-order valence-corrected chi connectivity index (χ0v) is 14.1. The van der Waals surface area contributed by atoms with Gasteiger partial charge in [-0.25, -0.2) is 4.39 Å². The van der Waals surface area contributed by atoms with Gasteiger partial charge in [0.15, 0.2) is 0 Å². The van der Waals surface area contributed by atoms with Gasteiger partial charge in [0.05, 0.1) is 11.5 Å². The van der Waals surface area contributed by atoms with Crippen molar-refractivity contribution in [3.05, 3.63) is 75.1 Å². The number of aryl methyl sites for hydroxylation is 1. The molecule has 0 saturated carbocycles. The number of benzene rings is 2. The summed E-state index contributed by atoms with van der Waals surface area (Å²) in [6, 6.07) is 10.1. The first-order chi connectivity index (χ1) is 12.4. The molecule has 0 fully saturated rings. The highest BCUT2D eigenvalue weighted by atomic mass is 19.1. The minimum absolute atomic E-state index is 0.112. The molecule has 0 aliphatic carbocycles. The van der Waals surface area contributed by atoms with Crippen molar-refractivity contribution in [1.29, 1.82) is 0 Å². The first kappa shape index (κ1) is 19.0. The van der Waals surface area contributed by atoms with E-state index in [1.165, 1.54) is 30.3 Å². The topological polar surface area (TPSA) is 101 Å². The summed E-state index contributed by atoms with van der Waals surface area (Å²) in [7, 11) is 0. The lowest BCUT2D eigenvalue weighted by Gasteiger charge is -2.08. The average Bonchev–Trinajstić information content (AvgIpc) is 2.61. The quantitative estimate of drug-likeness (QED) is 0.584. The van der Waals surface area contributed by atoms with Crippen molar-refractivity contribution in [2.75, 3.05) is 13.1 Å². The van der Waals surface area contributed by atoms with E-state index in [1.54, 1.807) is 19.1 Å². The van der Waals surface area contributed by atoms with Crippen LogP contribution >= 0.6 is 0 Å². The van der Waals surface area contributed by atoms with E-state index >= 15 is 0 Å². The number of nitrogens with zero attached hydrogens (tertiary/aromatic N) is 1. The Morgan fingerprint density at radius 2 is 1.81 bits per heavy atom. The van der Waals surface area contributed by atoms with Crippen LogP contribution in [0, 0.1) is 22.9 Å². The second kappa shape index (κ2) is 8.70. The van der Waals surface area contributed by atoms with Crippen molar-refractivity contribution in [1.82, 2.24) is 10.6 Å². The van der Waals surface area contributed by atoms with E-state index in [0.717, 1.165) is 5.56 Å². The Kier molecular flexibility index (Phi) is 6.37. The highest BCUT2D eigenvalue weighted by Gasteiger charge is 2.15.